The SMILES string of the molecule is C[C@]12C[C@@H](F)[C@@H]3c4ccc(O)cc4C[C@@H](CCCCCBr)[C@H]3[C@@H]1CCC2O. The molecule has 1 aromatic rings. The van der Waals surface area contributed by atoms with E-state index in [1.54, 1.807) is 6.07 Å². The van der Waals surface area contributed by atoms with E-state index in [0.29, 0.717) is 24.2 Å². The fourth-order valence-corrected chi connectivity index (χ4v) is 7.11. The number of alkyl halides is 2. The molecule has 4 heteroatoms. The smallest absolute Gasteiger partial charge is 0.115 e. The second-order valence-corrected chi connectivity index (χ2v) is 10.2. The van der Waals surface area contributed by atoms with Crippen molar-refractivity contribution in [3.63, 3.8) is 0 Å². The van der Waals surface area contributed by atoms with Crippen LogP contribution >= 0.6 is 15.9 Å². The second-order valence-electron chi connectivity index (χ2n) is 9.41. The molecule has 2 N–H and O–H groups in total. The lowest BCUT2D eigenvalue weighted by atomic mass is 9.51. The van der Waals surface area contributed by atoms with Gasteiger partial charge < -0.3 is 10.2 Å². The highest BCUT2D eigenvalue weighted by atomic mass is 79.9. The number of phenolic OH excluding ortho intramolecular Hbond substituents is 1. The molecule has 0 radical (unpaired) electrons. The van der Waals surface area contributed by atoms with Crippen molar-refractivity contribution in [1.29, 1.82) is 0 Å². The largest absolute Gasteiger partial charge is 0.508 e. The average Bonchev–Trinajstić information content (AvgIpc) is 2.92. The molecule has 0 amide bonds. The Bertz CT molecular complexity index is 680. The van der Waals surface area contributed by atoms with Gasteiger partial charge in [-0.1, -0.05) is 41.8 Å². The lowest BCUT2D eigenvalue weighted by Gasteiger charge is -2.54. The van der Waals surface area contributed by atoms with E-state index >= 15 is 4.39 Å². The van der Waals surface area contributed by atoms with Crippen molar-refractivity contribution >= 4 is 15.9 Å². The number of unbranched alkanes of at least 4 members (excludes halogenated alkanes) is 2. The molecule has 2 nitrogen and oxygen atoms in total. The van der Waals surface area contributed by atoms with Crippen LogP contribution in [0.3, 0.4) is 0 Å². The van der Waals surface area contributed by atoms with E-state index in [2.05, 4.69) is 22.9 Å². The number of phenols is 1. The van der Waals surface area contributed by atoms with Gasteiger partial charge >= 0.3 is 0 Å². The maximum atomic E-state index is 15.6. The molecule has 0 aliphatic heterocycles. The van der Waals surface area contributed by atoms with E-state index in [-0.39, 0.29) is 23.2 Å². The van der Waals surface area contributed by atoms with Crippen LogP contribution in [0.25, 0.3) is 0 Å². The molecular formula is C23H32BrFO2. The molecule has 27 heavy (non-hydrogen) atoms. The number of hydrogen-bond donors (Lipinski definition) is 2. The predicted molar refractivity (Wildman–Crippen MR) is 110 cm³/mol. The number of aliphatic hydroxyl groups is 1. The molecule has 1 aromatic carbocycles. The van der Waals surface area contributed by atoms with Crippen LogP contribution < -0.4 is 0 Å². The number of aliphatic hydroxyl groups excluding tert-OH is 1. The van der Waals surface area contributed by atoms with Crippen LogP contribution in [0.5, 0.6) is 5.75 Å². The van der Waals surface area contributed by atoms with E-state index in [1.807, 2.05) is 12.1 Å². The highest BCUT2D eigenvalue weighted by molar-refractivity contribution is 9.09. The van der Waals surface area contributed by atoms with E-state index in [4.69, 9.17) is 0 Å². The van der Waals surface area contributed by atoms with Crippen molar-refractivity contribution in [2.24, 2.45) is 23.2 Å². The molecule has 1 unspecified atom stereocenters. The summed E-state index contributed by atoms with van der Waals surface area (Å²) in [6.07, 6.45) is 6.67. The van der Waals surface area contributed by atoms with Gasteiger partial charge in [-0.2, -0.15) is 0 Å². The topological polar surface area (TPSA) is 40.5 Å². The minimum absolute atomic E-state index is 0.0705. The zero-order valence-corrected chi connectivity index (χ0v) is 17.8. The number of rotatable bonds is 5. The first-order chi connectivity index (χ1) is 13.0. The maximum absolute atomic E-state index is 15.6. The first kappa shape index (κ1) is 19.7. The van der Waals surface area contributed by atoms with Crippen molar-refractivity contribution in [3.05, 3.63) is 29.3 Å². The lowest BCUT2D eigenvalue weighted by molar-refractivity contribution is -0.0722. The van der Waals surface area contributed by atoms with E-state index in [0.717, 1.165) is 42.1 Å². The number of fused-ring (bicyclic) bond motifs is 5. The third kappa shape index (κ3) is 3.35. The quantitative estimate of drug-likeness (QED) is 0.454. The Balaban J connectivity index is 1.69. The fraction of sp³-hybridized carbons (Fsp3) is 0.739. The lowest BCUT2D eigenvalue weighted by Crippen LogP contribution is -2.51. The van der Waals surface area contributed by atoms with E-state index in [9.17, 15) is 10.2 Å². The van der Waals surface area contributed by atoms with Gasteiger partial charge in [0.25, 0.3) is 0 Å². The third-order valence-electron chi connectivity index (χ3n) is 7.98. The van der Waals surface area contributed by atoms with Gasteiger partial charge in [-0.05, 0) is 85.0 Å². The zero-order chi connectivity index (χ0) is 19.2. The molecule has 0 aromatic heterocycles. The van der Waals surface area contributed by atoms with Crippen molar-refractivity contribution in [3.8, 4) is 5.75 Å². The summed E-state index contributed by atoms with van der Waals surface area (Å²) in [4.78, 5) is 0. The molecule has 7 atom stereocenters. The molecule has 0 heterocycles. The van der Waals surface area contributed by atoms with Crippen molar-refractivity contribution in [2.45, 2.75) is 76.5 Å². The summed E-state index contributed by atoms with van der Waals surface area (Å²) in [5, 5.41) is 21.7. The molecule has 0 saturated heterocycles. The molecule has 3 aliphatic rings. The molecule has 4 rings (SSSR count). The van der Waals surface area contributed by atoms with Gasteiger partial charge in [-0.25, -0.2) is 4.39 Å². The molecule has 2 saturated carbocycles. The van der Waals surface area contributed by atoms with Gasteiger partial charge in [0.2, 0.25) is 0 Å². The zero-order valence-electron chi connectivity index (χ0n) is 16.2. The van der Waals surface area contributed by atoms with Crippen molar-refractivity contribution < 1.29 is 14.6 Å². The molecule has 3 aliphatic carbocycles. The molecule has 2 fully saturated rings. The van der Waals surface area contributed by atoms with Gasteiger partial charge in [0.1, 0.15) is 11.9 Å². The minimum Gasteiger partial charge on any atom is -0.508 e. The van der Waals surface area contributed by atoms with Crippen LogP contribution in [0.4, 0.5) is 4.39 Å². The summed E-state index contributed by atoms with van der Waals surface area (Å²) >= 11 is 3.51. The van der Waals surface area contributed by atoms with Crippen LogP contribution in [-0.2, 0) is 6.42 Å². The van der Waals surface area contributed by atoms with Gasteiger partial charge in [-0.15, -0.1) is 0 Å². The maximum Gasteiger partial charge on any atom is 0.115 e. The Labute approximate surface area is 170 Å². The summed E-state index contributed by atoms with van der Waals surface area (Å²) in [6.45, 7) is 2.13. The minimum atomic E-state index is -0.905. The molecule has 0 bridgehead atoms. The van der Waals surface area contributed by atoms with Gasteiger partial charge in [-0.3, -0.25) is 0 Å². The number of hydrogen-bond acceptors (Lipinski definition) is 2. The summed E-state index contributed by atoms with van der Waals surface area (Å²) in [5.74, 6) is 1.40. The fourth-order valence-electron chi connectivity index (χ4n) is 6.71. The van der Waals surface area contributed by atoms with E-state index in [1.165, 1.54) is 19.3 Å². The number of benzene rings is 1. The highest BCUT2D eigenvalue weighted by Crippen LogP contribution is 2.63. The monoisotopic (exact) mass is 438 g/mol. The first-order valence-electron chi connectivity index (χ1n) is 10.7. The highest BCUT2D eigenvalue weighted by Gasteiger charge is 2.59. The van der Waals surface area contributed by atoms with Crippen LogP contribution in [0.15, 0.2) is 18.2 Å². The Hall–Kier alpha value is -0.610. The van der Waals surface area contributed by atoms with Crippen LogP contribution in [0.1, 0.15) is 68.9 Å². The molecule has 150 valence electrons. The average molecular weight is 439 g/mol. The van der Waals surface area contributed by atoms with Crippen LogP contribution in [0.2, 0.25) is 0 Å². The summed E-state index contributed by atoms with van der Waals surface area (Å²) in [5.41, 5.74) is 1.99. The number of aromatic hydroxyl groups is 1. The van der Waals surface area contributed by atoms with Gasteiger partial charge in [0, 0.05) is 11.2 Å². The van der Waals surface area contributed by atoms with E-state index < -0.39 is 6.17 Å². The first-order valence-corrected chi connectivity index (χ1v) is 11.8. The Kier molecular flexibility index (Phi) is 5.59. The summed E-state index contributed by atoms with van der Waals surface area (Å²) in [7, 11) is 0. The summed E-state index contributed by atoms with van der Waals surface area (Å²) < 4.78 is 15.6. The Morgan fingerprint density at radius 3 is 2.81 bits per heavy atom. The van der Waals surface area contributed by atoms with Crippen molar-refractivity contribution in [2.75, 3.05) is 5.33 Å². The second kappa shape index (κ2) is 7.67. The normalized spacial score (nSPS) is 40.3. The molecule has 0 spiro atoms. The number of halogens is 2. The Morgan fingerprint density at radius 2 is 2.04 bits per heavy atom. The standard InChI is InChI=1S/C23H32BrFO2/c1-23-13-19(25)22-17-7-6-16(26)12-15(17)11-14(5-3-2-4-10-24)21(22)18(23)8-9-20(23)27/h6-7,12,14,18-22,26-27H,2-5,8-11,13H2,1H3/t14-,18+,19-,20?,21+,22+,23+/m1/s1. The van der Waals surface area contributed by atoms with Crippen molar-refractivity contribution in [1.82, 2.24) is 0 Å². The Morgan fingerprint density at radius 1 is 1.22 bits per heavy atom. The summed E-state index contributed by atoms with van der Waals surface area (Å²) in [6, 6.07) is 5.54. The van der Waals surface area contributed by atoms with Gasteiger partial charge in [0.05, 0.1) is 6.10 Å². The predicted octanol–water partition coefficient (Wildman–Crippen LogP) is 5.74. The van der Waals surface area contributed by atoms with Crippen LogP contribution in [-0.4, -0.2) is 27.8 Å². The van der Waals surface area contributed by atoms with Gasteiger partial charge in [0.15, 0.2) is 0 Å². The van der Waals surface area contributed by atoms with Crippen LogP contribution in [0, 0.1) is 23.2 Å². The molecular weight excluding hydrogens is 407 g/mol. The third-order valence-corrected chi connectivity index (χ3v) is 8.54.